The maximum absolute atomic E-state index is 11.1. The van der Waals surface area contributed by atoms with Gasteiger partial charge >= 0.3 is 12.0 Å². The van der Waals surface area contributed by atoms with Crippen LogP contribution in [0.1, 0.15) is 5.56 Å². The van der Waals surface area contributed by atoms with Gasteiger partial charge < -0.3 is 15.7 Å². The SMILES string of the molecule is NS(=O)(=O)c1ccc(CNC(=O)NCC(=O)O)cc1. The smallest absolute Gasteiger partial charge is 0.323 e. The number of amides is 2. The lowest BCUT2D eigenvalue weighted by Gasteiger charge is -2.06. The van der Waals surface area contributed by atoms with Crippen LogP contribution in [0.4, 0.5) is 4.79 Å². The number of hydrogen-bond donors (Lipinski definition) is 4. The van der Waals surface area contributed by atoms with Crippen LogP contribution < -0.4 is 15.8 Å². The van der Waals surface area contributed by atoms with Gasteiger partial charge in [0, 0.05) is 6.54 Å². The van der Waals surface area contributed by atoms with E-state index in [0.717, 1.165) is 0 Å². The zero-order valence-electron chi connectivity index (χ0n) is 9.79. The molecule has 104 valence electrons. The van der Waals surface area contributed by atoms with Gasteiger partial charge in [0.05, 0.1) is 4.90 Å². The van der Waals surface area contributed by atoms with Crippen LogP contribution in [-0.2, 0) is 21.4 Å². The van der Waals surface area contributed by atoms with Crippen LogP contribution >= 0.6 is 0 Å². The summed E-state index contributed by atoms with van der Waals surface area (Å²) >= 11 is 0. The molecule has 0 aliphatic heterocycles. The molecule has 0 spiro atoms. The molecule has 2 amide bonds. The molecule has 0 unspecified atom stereocenters. The first-order valence-corrected chi connectivity index (χ1v) is 6.69. The third-order valence-corrected chi connectivity index (χ3v) is 3.03. The highest BCUT2D eigenvalue weighted by atomic mass is 32.2. The zero-order valence-corrected chi connectivity index (χ0v) is 10.6. The minimum Gasteiger partial charge on any atom is -0.480 e. The van der Waals surface area contributed by atoms with E-state index in [1.807, 2.05) is 0 Å². The summed E-state index contributed by atoms with van der Waals surface area (Å²) in [6, 6.07) is 5.01. The van der Waals surface area contributed by atoms with Gasteiger partial charge in [0.2, 0.25) is 10.0 Å². The minimum atomic E-state index is -3.73. The number of hydrogen-bond acceptors (Lipinski definition) is 4. The van der Waals surface area contributed by atoms with Crippen molar-refractivity contribution in [3.63, 3.8) is 0 Å². The van der Waals surface area contributed by atoms with Crippen LogP contribution in [0.2, 0.25) is 0 Å². The molecule has 0 saturated heterocycles. The first-order valence-electron chi connectivity index (χ1n) is 5.14. The Morgan fingerprint density at radius 3 is 2.21 bits per heavy atom. The lowest BCUT2D eigenvalue weighted by atomic mass is 10.2. The largest absolute Gasteiger partial charge is 0.480 e. The molecule has 0 heterocycles. The molecule has 1 aromatic rings. The molecular formula is C10H13N3O5S. The van der Waals surface area contributed by atoms with Crippen molar-refractivity contribution in [2.24, 2.45) is 5.14 Å². The first-order chi connectivity index (χ1) is 8.79. The minimum absolute atomic E-state index is 0.0217. The predicted molar refractivity (Wildman–Crippen MR) is 65.7 cm³/mol. The summed E-state index contributed by atoms with van der Waals surface area (Å²) < 4.78 is 22.0. The molecule has 0 bridgehead atoms. The molecule has 19 heavy (non-hydrogen) atoms. The van der Waals surface area contributed by atoms with Crippen LogP contribution in [0.3, 0.4) is 0 Å². The lowest BCUT2D eigenvalue weighted by Crippen LogP contribution is -2.37. The summed E-state index contributed by atoms with van der Waals surface area (Å²) in [6.45, 7) is -0.341. The number of carboxylic acids is 1. The van der Waals surface area contributed by atoms with Crippen molar-refractivity contribution in [1.29, 1.82) is 0 Å². The molecule has 0 aliphatic carbocycles. The van der Waals surface area contributed by atoms with Gasteiger partial charge in [-0.05, 0) is 17.7 Å². The van der Waals surface area contributed by atoms with E-state index in [-0.39, 0.29) is 11.4 Å². The Balaban J connectivity index is 2.51. The summed E-state index contributed by atoms with van der Waals surface area (Å²) in [5.74, 6) is -1.15. The fourth-order valence-corrected chi connectivity index (χ4v) is 1.71. The van der Waals surface area contributed by atoms with E-state index in [2.05, 4.69) is 10.6 Å². The van der Waals surface area contributed by atoms with Gasteiger partial charge in [-0.15, -0.1) is 0 Å². The monoisotopic (exact) mass is 287 g/mol. The lowest BCUT2D eigenvalue weighted by molar-refractivity contribution is -0.135. The quantitative estimate of drug-likeness (QED) is 0.562. The van der Waals surface area contributed by atoms with Crippen LogP contribution in [-0.4, -0.2) is 32.1 Å². The Kier molecular flexibility index (Phi) is 4.84. The molecule has 0 aromatic heterocycles. The number of primary sulfonamides is 1. The third-order valence-electron chi connectivity index (χ3n) is 2.11. The highest BCUT2D eigenvalue weighted by Gasteiger charge is 2.07. The van der Waals surface area contributed by atoms with Crippen LogP contribution in [0.15, 0.2) is 29.2 Å². The van der Waals surface area contributed by atoms with Crippen molar-refractivity contribution in [3.8, 4) is 0 Å². The van der Waals surface area contributed by atoms with E-state index in [0.29, 0.717) is 5.56 Å². The van der Waals surface area contributed by atoms with Crippen LogP contribution in [0.25, 0.3) is 0 Å². The second-order valence-corrected chi connectivity index (χ2v) is 5.18. The normalized spacial score (nSPS) is 10.8. The molecule has 0 atom stereocenters. The maximum Gasteiger partial charge on any atom is 0.323 e. The number of urea groups is 1. The summed E-state index contributed by atoms with van der Waals surface area (Å²) in [4.78, 5) is 21.3. The summed E-state index contributed by atoms with van der Waals surface area (Å²) in [7, 11) is -3.73. The van der Waals surface area contributed by atoms with E-state index >= 15 is 0 Å². The highest BCUT2D eigenvalue weighted by molar-refractivity contribution is 7.89. The maximum atomic E-state index is 11.1. The van der Waals surface area contributed by atoms with Gasteiger partial charge in [-0.1, -0.05) is 12.1 Å². The van der Waals surface area contributed by atoms with Gasteiger partial charge in [-0.2, -0.15) is 0 Å². The average molecular weight is 287 g/mol. The number of rotatable bonds is 5. The second kappa shape index (κ2) is 6.16. The fourth-order valence-electron chi connectivity index (χ4n) is 1.20. The summed E-state index contributed by atoms with van der Waals surface area (Å²) in [6.07, 6.45) is 0. The van der Waals surface area contributed by atoms with Crippen molar-refractivity contribution in [2.75, 3.05) is 6.54 Å². The standard InChI is InChI=1S/C10H13N3O5S/c11-19(17,18)8-3-1-7(2-4-8)5-12-10(16)13-6-9(14)15/h1-4H,5-6H2,(H,14,15)(H2,11,17,18)(H2,12,13,16). The van der Waals surface area contributed by atoms with E-state index in [9.17, 15) is 18.0 Å². The number of nitrogens with one attached hydrogen (secondary N) is 2. The predicted octanol–water partition coefficient (Wildman–Crippen LogP) is -0.782. The molecule has 8 nitrogen and oxygen atoms in total. The number of carboxylic acid groups (broad SMARTS) is 1. The number of aliphatic carboxylic acids is 1. The molecule has 0 saturated carbocycles. The number of carbonyl (C=O) groups excluding carboxylic acids is 1. The Bertz CT molecular complexity index is 567. The summed E-state index contributed by atoms with van der Waals surface area (Å²) in [5, 5.41) is 17.8. The topological polar surface area (TPSA) is 139 Å². The number of benzene rings is 1. The van der Waals surface area contributed by atoms with Crippen molar-refractivity contribution >= 4 is 22.0 Å². The molecule has 9 heteroatoms. The van der Waals surface area contributed by atoms with Crippen LogP contribution in [0, 0.1) is 0 Å². The first kappa shape index (κ1) is 14.9. The summed E-state index contributed by atoms with van der Waals surface area (Å²) in [5.41, 5.74) is 0.651. The van der Waals surface area contributed by atoms with Gasteiger partial charge in [0.25, 0.3) is 0 Å². The molecule has 0 aliphatic rings. The fraction of sp³-hybridized carbons (Fsp3) is 0.200. The average Bonchev–Trinajstić information content (AvgIpc) is 2.33. The van der Waals surface area contributed by atoms with Crippen molar-refractivity contribution in [2.45, 2.75) is 11.4 Å². The number of sulfonamides is 1. The van der Waals surface area contributed by atoms with Crippen molar-refractivity contribution in [1.82, 2.24) is 10.6 Å². The molecular weight excluding hydrogens is 274 g/mol. The molecule has 1 rings (SSSR count). The number of carbonyl (C=O) groups is 2. The van der Waals surface area contributed by atoms with E-state index < -0.39 is 28.6 Å². The van der Waals surface area contributed by atoms with Crippen LogP contribution in [0.5, 0.6) is 0 Å². The Labute approximate surface area is 109 Å². The Morgan fingerprint density at radius 1 is 1.16 bits per heavy atom. The van der Waals surface area contributed by atoms with Gasteiger partial charge in [0.1, 0.15) is 6.54 Å². The van der Waals surface area contributed by atoms with Crippen molar-refractivity contribution < 1.29 is 23.1 Å². The molecule has 5 N–H and O–H groups in total. The Morgan fingerprint density at radius 2 is 1.74 bits per heavy atom. The molecule has 1 aromatic carbocycles. The second-order valence-electron chi connectivity index (χ2n) is 3.62. The van der Waals surface area contributed by atoms with Gasteiger partial charge in [-0.25, -0.2) is 18.4 Å². The van der Waals surface area contributed by atoms with Gasteiger partial charge in [0.15, 0.2) is 0 Å². The molecule has 0 fully saturated rings. The molecule has 0 radical (unpaired) electrons. The van der Waals surface area contributed by atoms with E-state index in [4.69, 9.17) is 10.2 Å². The highest BCUT2D eigenvalue weighted by Crippen LogP contribution is 2.08. The van der Waals surface area contributed by atoms with Gasteiger partial charge in [-0.3, -0.25) is 4.79 Å². The number of nitrogens with two attached hydrogens (primary N) is 1. The third kappa shape index (κ3) is 5.36. The van der Waals surface area contributed by atoms with E-state index in [1.165, 1.54) is 24.3 Å². The Hall–Kier alpha value is -2.13. The van der Waals surface area contributed by atoms with E-state index in [1.54, 1.807) is 0 Å². The zero-order chi connectivity index (χ0) is 14.5. The van der Waals surface area contributed by atoms with Crippen molar-refractivity contribution in [3.05, 3.63) is 29.8 Å².